The van der Waals surface area contributed by atoms with Gasteiger partial charge in [0.25, 0.3) is 0 Å². The van der Waals surface area contributed by atoms with Crippen LogP contribution in [0.4, 0.5) is 0 Å². The summed E-state index contributed by atoms with van der Waals surface area (Å²) < 4.78 is 4.95. The summed E-state index contributed by atoms with van der Waals surface area (Å²) >= 11 is 0. The molecule has 3 aromatic rings. The van der Waals surface area contributed by atoms with E-state index < -0.39 is 5.76 Å². The number of nitrogens with zero attached hydrogens (tertiary/aromatic N) is 1. The lowest BCUT2D eigenvalue weighted by atomic mass is 10.1. The highest BCUT2D eigenvalue weighted by molar-refractivity contribution is 6.00. The van der Waals surface area contributed by atoms with E-state index >= 15 is 0 Å². The molecule has 0 unspecified atom stereocenters. The maximum atomic E-state index is 12.3. The lowest BCUT2D eigenvalue weighted by molar-refractivity contribution is -0.130. The Morgan fingerprint density at radius 3 is 2.60 bits per heavy atom. The number of oxazole rings is 1. The van der Waals surface area contributed by atoms with Gasteiger partial charge in [0.2, 0.25) is 5.91 Å². The molecule has 0 saturated carbocycles. The zero-order valence-electron chi connectivity index (χ0n) is 13.8. The van der Waals surface area contributed by atoms with Gasteiger partial charge in [-0.15, -0.1) is 0 Å². The third kappa shape index (κ3) is 4.03. The summed E-state index contributed by atoms with van der Waals surface area (Å²) in [5, 5.41) is 0. The summed E-state index contributed by atoms with van der Waals surface area (Å²) in [4.78, 5) is 39.8. The van der Waals surface area contributed by atoms with Crippen molar-refractivity contribution in [2.45, 2.75) is 19.4 Å². The molecule has 0 atom stereocenters. The molecule has 0 saturated heterocycles. The van der Waals surface area contributed by atoms with Gasteiger partial charge in [-0.3, -0.25) is 14.6 Å². The number of amides is 1. The van der Waals surface area contributed by atoms with Gasteiger partial charge < -0.3 is 9.32 Å². The van der Waals surface area contributed by atoms with E-state index in [-0.39, 0.29) is 24.5 Å². The van der Waals surface area contributed by atoms with Gasteiger partial charge in [0, 0.05) is 32.0 Å². The summed E-state index contributed by atoms with van der Waals surface area (Å²) in [7, 11) is 1.72. The molecule has 0 aliphatic rings. The SMILES string of the molecule is CN(Cc1ccccc1)C(=O)CCC(=O)c1ccc2[nH]c(=O)oc2c1. The van der Waals surface area contributed by atoms with Crippen molar-refractivity contribution in [3.63, 3.8) is 0 Å². The molecule has 0 fully saturated rings. The average molecular weight is 338 g/mol. The van der Waals surface area contributed by atoms with E-state index in [2.05, 4.69) is 4.98 Å². The van der Waals surface area contributed by atoms with Gasteiger partial charge in [0.05, 0.1) is 5.52 Å². The molecule has 128 valence electrons. The third-order valence-corrected chi connectivity index (χ3v) is 4.00. The van der Waals surface area contributed by atoms with E-state index in [1.807, 2.05) is 30.3 Å². The zero-order valence-corrected chi connectivity index (χ0v) is 13.8. The van der Waals surface area contributed by atoms with Gasteiger partial charge in [-0.2, -0.15) is 0 Å². The van der Waals surface area contributed by atoms with Crippen molar-refractivity contribution in [2.24, 2.45) is 0 Å². The predicted octanol–water partition coefficient (Wildman–Crippen LogP) is 2.74. The van der Waals surface area contributed by atoms with Crippen LogP contribution in [-0.4, -0.2) is 28.6 Å². The van der Waals surface area contributed by atoms with E-state index in [1.165, 1.54) is 6.07 Å². The first-order chi connectivity index (χ1) is 12.0. The molecule has 25 heavy (non-hydrogen) atoms. The summed E-state index contributed by atoms with van der Waals surface area (Å²) in [6, 6.07) is 14.4. The molecule has 1 N–H and O–H groups in total. The Balaban J connectivity index is 1.58. The van der Waals surface area contributed by atoms with Gasteiger partial charge in [-0.1, -0.05) is 30.3 Å². The Morgan fingerprint density at radius 2 is 1.84 bits per heavy atom. The first-order valence-corrected chi connectivity index (χ1v) is 7.97. The zero-order chi connectivity index (χ0) is 17.8. The van der Waals surface area contributed by atoms with Gasteiger partial charge in [-0.05, 0) is 23.8 Å². The predicted molar refractivity (Wildman–Crippen MR) is 93.3 cm³/mol. The van der Waals surface area contributed by atoms with Crippen LogP contribution in [-0.2, 0) is 11.3 Å². The number of ketones is 1. The summed E-state index contributed by atoms with van der Waals surface area (Å²) in [6.07, 6.45) is 0.245. The van der Waals surface area contributed by atoms with Crippen LogP contribution in [0.25, 0.3) is 11.1 Å². The Morgan fingerprint density at radius 1 is 1.08 bits per heavy atom. The smallest absolute Gasteiger partial charge is 0.408 e. The number of carbonyl (C=O) groups excluding carboxylic acids is 2. The molecular weight excluding hydrogens is 320 g/mol. The number of aromatic amines is 1. The molecule has 6 nitrogen and oxygen atoms in total. The van der Waals surface area contributed by atoms with E-state index in [0.717, 1.165) is 5.56 Å². The van der Waals surface area contributed by atoms with Crippen molar-refractivity contribution in [1.82, 2.24) is 9.88 Å². The minimum Gasteiger partial charge on any atom is -0.408 e. The highest BCUT2D eigenvalue weighted by Crippen LogP contribution is 2.15. The number of rotatable bonds is 6. The topological polar surface area (TPSA) is 83.4 Å². The number of benzene rings is 2. The summed E-state index contributed by atoms with van der Waals surface area (Å²) in [5.74, 6) is -0.809. The van der Waals surface area contributed by atoms with E-state index in [1.54, 1.807) is 24.1 Å². The molecule has 0 spiro atoms. The molecule has 0 aliphatic heterocycles. The molecule has 1 aromatic heterocycles. The van der Waals surface area contributed by atoms with Crippen LogP contribution >= 0.6 is 0 Å². The Hall–Kier alpha value is -3.15. The highest BCUT2D eigenvalue weighted by Gasteiger charge is 2.14. The van der Waals surface area contributed by atoms with E-state index in [9.17, 15) is 14.4 Å². The first kappa shape index (κ1) is 16.7. The second-order valence-corrected chi connectivity index (χ2v) is 5.88. The second kappa shape index (κ2) is 7.17. The van der Waals surface area contributed by atoms with Crippen molar-refractivity contribution in [3.05, 3.63) is 70.2 Å². The third-order valence-electron chi connectivity index (χ3n) is 4.00. The summed E-state index contributed by atoms with van der Waals surface area (Å²) in [6.45, 7) is 0.508. The number of hydrogen-bond donors (Lipinski definition) is 1. The molecule has 6 heteroatoms. The number of nitrogens with one attached hydrogen (secondary N) is 1. The second-order valence-electron chi connectivity index (χ2n) is 5.88. The number of H-pyrrole nitrogens is 1. The van der Waals surface area contributed by atoms with Crippen LogP contribution in [0.5, 0.6) is 0 Å². The number of Topliss-reactive ketones (excluding diaryl/α,β-unsaturated/α-hetero) is 1. The largest absolute Gasteiger partial charge is 0.417 e. The molecule has 0 aliphatic carbocycles. The number of aromatic nitrogens is 1. The highest BCUT2D eigenvalue weighted by atomic mass is 16.4. The van der Waals surface area contributed by atoms with Crippen LogP contribution in [0.1, 0.15) is 28.8 Å². The van der Waals surface area contributed by atoms with Crippen LogP contribution < -0.4 is 5.76 Å². The Bertz CT molecular complexity index is 956. The molecular formula is C19H18N2O4. The molecule has 0 radical (unpaired) electrons. The normalized spacial score (nSPS) is 10.8. The Labute approximate surface area is 144 Å². The average Bonchev–Trinajstić information content (AvgIpc) is 2.99. The van der Waals surface area contributed by atoms with Crippen molar-refractivity contribution < 1.29 is 14.0 Å². The number of hydrogen-bond acceptors (Lipinski definition) is 4. The monoisotopic (exact) mass is 338 g/mol. The fraction of sp³-hybridized carbons (Fsp3) is 0.211. The molecule has 3 rings (SSSR count). The van der Waals surface area contributed by atoms with E-state index in [4.69, 9.17) is 4.42 Å². The Kier molecular flexibility index (Phi) is 4.79. The minimum absolute atomic E-state index is 0.0912. The first-order valence-electron chi connectivity index (χ1n) is 7.97. The molecule has 1 heterocycles. The fourth-order valence-corrected chi connectivity index (χ4v) is 2.62. The lowest BCUT2D eigenvalue weighted by Gasteiger charge is -2.17. The van der Waals surface area contributed by atoms with Gasteiger partial charge in [0.1, 0.15) is 0 Å². The van der Waals surface area contributed by atoms with Crippen LogP contribution in [0.3, 0.4) is 0 Å². The number of fused-ring (bicyclic) bond motifs is 1. The maximum absolute atomic E-state index is 12.3. The lowest BCUT2D eigenvalue weighted by Crippen LogP contribution is -2.26. The molecule has 2 aromatic carbocycles. The molecule has 0 bridgehead atoms. The molecule has 1 amide bonds. The van der Waals surface area contributed by atoms with Crippen molar-refractivity contribution in [1.29, 1.82) is 0 Å². The van der Waals surface area contributed by atoms with Crippen molar-refractivity contribution in [3.8, 4) is 0 Å². The fourth-order valence-electron chi connectivity index (χ4n) is 2.62. The van der Waals surface area contributed by atoms with Gasteiger partial charge in [-0.25, -0.2) is 4.79 Å². The van der Waals surface area contributed by atoms with Crippen LogP contribution in [0.2, 0.25) is 0 Å². The van der Waals surface area contributed by atoms with Crippen LogP contribution in [0, 0.1) is 0 Å². The quantitative estimate of drug-likeness (QED) is 0.701. The van der Waals surface area contributed by atoms with Crippen molar-refractivity contribution >= 4 is 22.8 Å². The summed E-state index contributed by atoms with van der Waals surface area (Å²) in [5.41, 5.74) is 2.34. The van der Waals surface area contributed by atoms with Gasteiger partial charge >= 0.3 is 5.76 Å². The number of carbonyl (C=O) groups is 2. The standard InChI is InChI=1S/C19H18N2O4/c1-21(12-13-5-3-2-4-6-13)18(23)10-9-16(22)14-7-8-15-17(11-14)25-19(24)20-15/h2-8,11H,9-10,12H2,1H3,(H,20,24). The van der Waals surface area contributed by atoms with Crippen LogP contribution in [0.15, 0.2) is 57.7 Å². The van der Waals surface area contributed by atoms with Gasteiger partial charge in [0.15, 0.2) is 11.4 Å². The van der Waals surface area contributed by atoms with Crippen molar-refractivity contribution in [2.75, 3.05) is 7.05 Å². The van der Waals surface area contributed by atoms with E-state index in [0.29, 0.717) is 23.2 Å². The minimum atomic E-state index is -0.558. The maximum Gasteiger partial charge on any atom is 0.417 e.